The van der Waals surface area contributed by atoms with E-state index in [-0.39, 0.29) is 23.8 Å². The number of rotatable bonds is 13. The number of aryl methyl sites for hydroxylation is 1. The van der Waals surface area contributed by atoms with E-state index in [0.717, 1.165) is 81.7 Å². The molecule has 0 radical (unpaired) electrons. The van der Waals surface area contributed by atoms with Crippen molar-refractivity contribution in [1.29, 1.82) is 0 Å². The van der Waals surface area contributed by atoms with Crippen molar-refractivity contribution in [1.82, 2.24) is 9.80 Å². The minimum absolute atomic E-state index is 0.0692. The lowest BCUT2D eigenvalue weighted by Crippen LogP contribution is -2.35. The number of carbonyl (C=O) groups is 3. The normalized spacial score (nSPS) is 21.0. The monoisotopic (exact) mass is 576 g/mol. The van der Waals surface area contributed by atoms with E-state index in [0.29, 0.717) is 31.7 Å². The highest BCUT2D eigenvalue weighted by atomic mass is 16.5. The summed E-state index contributed by atoms with van der Waals surface area (Å²) in [5.41, 5.74) is 4.82. The van der Waals surface area contributed by atoms with Crippen LogP contribution >= 0.6 is 0 Å². The molecule has 1 unspecified atom stereocenters. The van der Waals surface area contributed by atoms with Crippen molar-refractivity contribution in [3.63, 3.8) is 0 Å². The van der Waals surface area contributed by atoms with Gasteiger partial charge in [0.1, 0.15) is 11.5 Å². The van der Waals surface area contributed by atoms with Gasteiger partial charge in [0.15, 0.2) is 0 Å². The quantitative estimate of drug-likeness (QED) is 0.312. The molecule has 226 valence electrons. The molecule has 2 aromatic rings. The Morgan fingerprint density at radius 1 is 1.07 bits per heavy atom. The van der Waals surface area contributed by atoms with E-state index in [2.05, 4.69) is 48.2 Å². The van der Waals surface area contributed by atoms with E-state index in [1.165, 1.54) is 21.6 Å². The fourth-order valence-electron chi connectivity index (χ4n) is 6.97. The Kier molecular flexibility index (Phi) is 9.83. The van der Waals surface area contributed by atoms with Crippen LogP contribution in [0.4, 0.5) is 0 Å². The third kappa shape index (κ3) is 6.97. The van der Waals surface area contributed by atoms with Gasteiger partial charge >= 0.3 is 5.97 Å². The summed E-state index contributed by atoms with van der Waals surface area (Å²) in [4.78, 5) is 39.4. The molecule has 0 spiro atoms. The molecule has 1 N–H and O–H groups in total. The van der Waals surface area contributed by atoms with Gasteiger partial charge in [0.25, 0.3) is 0 Å². The summed E-state index contributed by atoms with van der Waals surface area (Å²) < 4.78 is 11.6. The van der Waals surface area contributed by atoms with Crippen LogP contribution in [0.3, 0.4) is 0 Å². The maximum atomic E-state index is 12.0. The van der Waals surface area contributed by atoms with Gasteiger partial charge in [-0.3, -0.25) is 24.2 Å². The Morgan fingerprint density at radius 2 is 1.83 bits per heavy atom. The van der Waals surface area contributed by atoms with Gasteiger partial charge < -0.3 is 14.6 Å². The van der Waals surface area contributed by atoms with Crippen molar-refractivity contribution < 1.29 is 29.0 Å². The maximum Gasteiger partial charge on any atom is 0.306 e. The van der Waals surface area contributed by atoms with Gasteiger partial charge in [0.05, 0.1) is 19.6 Å². The van der Waals surface area contributed by atoms with Crippen LogP contribution in [0.15, 0.2) is 36.4 Å². The van der Waals surface area contributed by atoms with E-state index in [1.54, 1.807) is 7.11 Å². The maximum absolute atomic E-state index is 12.0. The average molecular weight is 577 g/mol. The topological polar surface area (TPSA) is 96.4 Å². The highest BCUT2D eigenvalue weighted by molar-refractivity contribution is 6.01. The number of methoxy groups -OCH3 is 1. The fraction of sp³-hybridized carbons (Fsp3) is 0.559. The van der Waals surface area contributed by atoms with E-state index in [4.69, 9.17) is 9.47 Å². The second kappa shape index (κ2) is 13.7. The molecule has 2 aliphatic heterocycles. The number of ether oxygens (including phenoxy) is 2. The van der Waals surface area contributed by atoms with Crippen molar-refractivity contribution in [2.24, 2.45) is 11.8 Å². The van der Waals surface area contributed by atoms with E-state index >= 15 is 0 Å². The molecule has 3 aliphatic rings. The lowest BCUT2D eigenvalue weighted by Gasteiger charge is -2.37. The second-order valence-corrected chi connectivity index (χ2v) is 12.1. The molecule has 0 aromatic heterocycles. The summed E-state index contributed by atoms with van der Waals surface area (Å²) in [6, 6.07) is 13.3. The first-order chi connectivity index (χ1) is 20.4. The van der Waals surface area contributed by atoms with Gasteiger partial charge in [-0.05, 0) is 85.3 Å². The number of benzene rings is 2. The molecule has 1 atom stereocenters. The number of carbonyl (C=O) groups excluding carboxylic acids is 2. The summed E-state index contributed by atoms with van der Waals surface area (Å²) in [5, 5.41) is 9.49. The van der Waals surface area contributed by atoms with E-state index in [1.807, 2.05) is 0 Å². The van der Waals surface area contributed by atoms with Gasteiger partial charge in [-0.15, -0.1) is 0 Å². The predicted octanol–water partition coefficient (Wildman–Crippen LogP) is 5.56. The molecular weight excluding hydrogens is 532 g/mol. The second-order valence-electron chi connectivity index (χ2n) is 12.1. The van der Waals surface area contributed by atoms with Crippen molar-refractivity contribution in [3.8, 4) is 11.5 Å². The van der Waals surface area contributed by atoms with Gasteiger partial charge in [-0.1, -0.05) is 31.2 Å². The molecule has 5 rings (SSSR count). The Labute approximate surface area is 249 Å². The number of hydrogen-bond donors (Lipinski definition) is 1. The summed E-state index contributed by atoms with van der Waals surface area (Å²) in [6.07, 6.45) is 7.36. The van der Waals surface area contributed by atoms with Crippen LogP contribution in [0.1, 0.15) is 86.6 Å². The van der Waals surface area contributed by atoms with Crippen LogP contribution in [0.5, 0.6) is 11.5 Å². The SMILES string of the molecule is CCC(c1ccc2c(c1)CCO2)N(Cc1ccc(CCCN2C(=O)CCC2=O)c(OC)c1)CC1CCC(C(=O)O)CC1. The molecule has 2 amide bonds. The number of imide groups is 1. The number of nitrogens with zero attached hydrogens (tertiary/aromatic N) is 2. The zero-order valence-electron chi connectivity index (χ0n) is 25.0. The molecule has 1 saturated carbocycles. The summed E-state index contributed by atoms with van der Waals surface area (Å²) >= 11 is 0. The summed E-state index contributed by atoms with van der Waals surface area (Å²) in [5.74, 6) is 1.27. The van der Waals surface area contributed by atoms with E-state index in [9.17, 15) is 19.5 Å². The van der Waals surface area contributed by atoms with E-state index < -0.39 is 5.97 Å². The lowest BCUT2D eigenvalue weighted by atomic mass is 9.81. The highest BCUT2D eigenvalue weighted by Crippen LogP contribution is 2.36. The van der Waals surface area contributed by atoms with Crippen molar-refractivity contribution in [3.05, 3.63) is 58.7 Å². The molecule has 2 fully saturated rings. The third-order valence-electron chi connectivity index (χ3n) is 9.33. The summed E-state index contributed by atoms with van der Waals surface area (Å²) in [7, 11) is 1.69. The first kappa shape index (κ1) is 30.1. The first-order valence-corrected chi connectivity index (χ1v) is 15.6. The number of carboxylic acids is 1. The molecule has 2 heterocycles. The minimum Gasteiger partial charge on any atom is -0.496 e. The Balaban J connectivity index is 1.31. The van der Waals surface area contributed by atoms with Gasteiger partial charge in [-0.25, -0.2) is 0 Å². The molecule has 1 aliphatic carbocycles. The highest BCUT2D eigenvalue weighted by Gasteiger charge is 2.30. The van der Waals surface area contributed by atoms with Crippen LogP contribution in [0.2, 0.25) is 0 Å². The average Bonchev–Trinajstić information content (AvgIpc) is 3.59. The lowest BCUT2D eigenvalue weighted by molar-refractivity contribution is -0.143. The Hall–Kier alpha value is -3.39. The van der Waals surface area contributed by atoms with Crippen LogP contribution < -0.4 is 9.47 Å². The van der Waals surface area contributed by atoms with Crippen LogP contribution in [0, 0.1) is 11.8 Å². The number of aliphatic carboxylic acids is 1. The van der Waals surface area contributed by atoms with Crippen molar-refractivity contribution in [2.75, 3.05) is 26.8 Å². The molecule has 8 nitrogen and oxygen atoms in total. The Bertz CT molecular complexity index is 1270. The van der Waals surface area contributed by atoms with Crippen molar-refractivity contribution in [2.45, 2.75) is 83.7 Å². The number of carboxylic acid groups (broad SMARTS) is 1. The minimum atomic E-state index is -0.664. The standard InChI is InChI=1S/C34H44N2O6/c1-3-29(27-12-13-30-28(20-27)16-18-42-30)35(21-23-6-10-26(11-7-23)34(39)40)22-24-8-9-25(31(19-24)41-2)5-4-17-36-32(37)14-15-33(36)38/h8-9,12-13,19-20,23,26,29H,3-7,10-11,14-18,21-22H2,1-2H3,(H,39,40). The predicted molar refractivity (Wildman–Crippen MR) is 159 cm³/mol. The van der Waals surface area contributed by atoms with Gasteiger partial charge in [0.2, 0.25) is 11.8 Å². The molecule has 0 bridgehead atoms. The summed E-state index contributed by atoms with van der Waals surface area (Å²) in [6.45, 7) is 5.11. The Morgan fingerprint density at radius 3 is 2.52 bits per heavy atom. The molecule has 42 heavy (non-hydrogen) atoms. The number of amides is 2. The third-order valence-corrected chi connectivity index (χ3v) is 9.33. The molecule has 2 aromatic carbocycles. The molecule has 1 saturated heterocycles. The van der Waals surface area contributed by atoms with Gasteiger partial charge in [0, 0.05) is 44.9 Å². The van der Waals surface area contributed by atoms with Crippen LogP contribution in [0.25, 0.3) is 0 Å². The fourth-order valence-corrected chi connectivity index (χ4v) is 6.97. The zero-order valence-corrected chi connectivity index (χ0v) is 25.0. The number of likely N-dealkylation sites (tertiary alicyclic amines) is 1. The smallest absolute Gasteiger partial charge is 0.306 e. The molecule has 8 heteroatoms. The number of fused-ring (bicyclic) bond motifs is 1. The van der Waals surface area contributed by atoms with Crippen molar-refractivity contribution >= 4 is 17.8 Å². The molecular formula is C34H44N2O6. The zero-order chi connectivity index (χ0) is 29.6. The first-order valence-electron chi connectivity index (χ1n) is 15.6. The van der Waals surface area contributed by atoms with Gasteiger partial charge in [-0.2, -0.15) is 0 Å². The van der Waals surface area contributed by atoms with Crippen LogP contribution in [-0.4, -0.2) is 59.5 Å². The number of hydrogen-bond acceptors (Lipinski definition) is 6. The largest absolute Gasteiger partial charge is 0.496 e. The van der Waals surface area contributed by atoms with Crippen LogP contribution in [-0.2, 0) is 33.8 Å².